The third kappa shape index (κ3) is 2.52. The van der Waals surface area contributed by atoms with Crippen LogP contribution >= 0.6 is 0 Å². The van der Waals surface area contributed by atoms with Gasteiger partial charge in [-0.2, -0.15) is 4.98 Å². The van der Waals surface area contributed by atoms with Gasteiger partial charge in [0, 0.05) is 25.0 Å². The summed E-state index contributed by atoms with van der Waals surface area (Å²) in [4.78, 5) is 20.6. The number of hydrogen-bond donors (Lipinski definition) is 0. The van der Waals surface area contributed by atoms with E-state index < -0.39 is 5.91 Å². The van der Waals surface area contributed by atoms with E-state index in [1.54, 1.807) is 25.5 Å². The van der Waals surface area contributed by atoms with Gasteiger partial charge >= 0.3 is 0 Å². The molecule has 2 heterocycles. The van der Waals surface area contributed by atoms with Gasteiger partial charge in [0.05, 0.1) is 0 Å². The van der Waals surface area contributed by atoms with Gasteiger partial charge in [0.1, 0.15) is 6.54 Å². The molecule has 0 spiro atoms. The maximum Gasteiger partial charge on any atom is 0.298 e. The van der Waals surface area contributed by atoms with E-state index in [4.69, 9.17) is 10.9 Å². The first kappa shape index (κ1) is 11.8. The number of aromatic nitrogens is 3. The number of nitrogens with zero attached hydrogens (tertiary/aromatic N) is 4. The minimum atomic E-state index is -0.434. The fourth-order valence-corrected chi connectivity index (χ4v) is 1.32. The fourth-order valence-electron chi connectivity index (χ4n) is 1.32. The number of pyridine rings is 1. The lowest BCUT2D eigenvalue weighted by Crippen LogP contribution is -2.24. The van der Waals surface area contributed by atoms with Gasteiger partial charge in [-0.15, -0.1) is 6.42 Å². The molecule has 2 rings (SSSR count). The van der Waals surface area contributed by atoms with E-state index >= 15 is 0 Å². The van der Waals surface area contributed by atoms with E-state index in [0.717, 1.165) is 5.56 Å². The van der Waals surface area contributed by atoms with E-state index in [-0.39, 0.29) is 6.54 Å². The molecule has 0 saturated heterocycles. The monoisotopic (exact) mass is 242 g/mol. The quantitative estimate of drug-likeness (QED) is 0.742. The summed E-state index contributed by atoms with van der Waals surface area (Å²) < 4.78 is 5.03. The van der Waals surface area contributed by atoms with Crippen LogP contribution in [0, 0.1) is 12.3 Å². The number of amides is 1. The van der Waals surface area contributed by atoms with E-state index in [1.165, 1.54) is 4.90 Å². The number of hydrogen-bond acceptors (Lipinski definition) is 5. The zero-order valence-electron chi connectivity index (χ0n) is 9.70. The first-order chi connectivity index (χ1) is 8.70. The molecule has 2 aromatic rings. The molecular formula is C12H10N4O2. The second-order valence-electron chi connectivity index (χ2n) is 3.56. The van der Waals surface area contributed by atoms with Crippen LogP contribution in [0.4, 0.5) is 0 Å². The van der Waals surface area contributed by atoms with Crippen LogP contribution in [-0.4, -0.2) is 33.0 Å². The van der Waals surface area contributed by atoms with Crippen LogP contribution in [0.25, 0.3) is 11.4 Å². The topological polar surface area (TPSA) is 72.1 Å². The molecule has 0 aliphatic heterocycles. The van der Waals surface area contributed by atoms with Crippen LogP contribution in [0.2, 0.25) is 0 Å². The van der Waals surface area contributed by atoms with E-state index in [9.17, 15) is 4.79 Å². The molecule has 0 saturated carbocycles. The molecular weight excluding hydrogens is 232 g/mol. The van der Waals surface area contributed by atoms with Crippen molar-refractivity contribution in [3.05, 3.63) is 30.4 Å². The number of terminal acetylenes is 1. The molecule has 6 nitrogen and oxygen atoms in total. The predicted octanol–water partition coefficient (Wildman–Crippen LogP) is 0.723. The highest BCUT2D eigenvalue weighted by atomic mass is 16.5. The normalized spacial score (nSPS) is 9.78. The average Bonchev–Trinajstić information content (AvgIpc) is 2.87. The fraction of sp³-hybridized carbons (Fsp3) is 0.167. The Bertz CT molecular complexity index is 586. The summed E-state index contributed by atoms with van der Waals surface area (Å²) in [5.41, 5.74) is 0.749. The molecule has 90 valence electrons. The lowest BCUT2D eigenvalue weighted by atomic mass is 10.3. The van der Waals surface area contributed by atoms with Crippen molar-refractivity contribution in [2.45, 2.75) is 6.54 Å². The maximum absolute atomic E-state index is 11.2. The van der Waals surface area contributed by atoms with Crippen molar-refractivity contribution < 1.29 is 9.32 Å². The lowest BCUT2D eigenvalue weighted by Gasteiger charge is -2.09. The lowest BCUT2D eigenvalue weighted by molar-refractivity contribution is -0.124. The molecule has 0 atom stereocenters. The Hall–Kier alpha value is -2.68. The van der Waals surface area contributed by atoms with Crippen LogP contribution in [0.5, 0.6) is 0 Å². The van der Waals surface area contributed by atoms with Crippen molar-refractivity contribution in [3.8, 4) is 23.7 Å². The molecule has 0 N–H and O–H groups in total. The Kier molecular flexibility index (Phi) is 3.34. The Morgan fingerprint density at radius 2 is 2.44 bits per heavy atom. The third-order valence-electron chi connectivity index (χ3n) is 2.23. The second-order valence-corrected chi connectivity index (χ2v) is 3.56. The number of carbonyl (C=O) groups excluding carboxylic acids is 1. The van der Waals surface area contributed by atoms with Crippen LogP contribution in [0.1, 0.15) is 5.89 Å². The van der Waals surface area contributed by atoms with Gasteiger partial charge in [-0.3, -0.25) is 9.78 Å². The highest BCUT2D eigenvalue weighted by molar-refractivity contribution is 5.92. The van der Waals surface area contributed by atoms with Crippen molar-refractivity contribution in [2.75, 3.05) is 7.05 Å². The maximum atomic E-state index is 11.2. The minimum Gasteiger partial charge on any atom is -0.337 e. The zero-order valence-corrected chi connectivity index (χ0v) is 9.70. The van der Waals surface area contributed by atoms with Crippen molar-refractivity contribution in [1.82, 2.24) is 20.0 Å². The first-order valence-corrected chi connectivity index (χ1v) is 5.15. The van der Waals surface area contributed by atoms with Crippen molar-refractivity contribution in [3.63, 3.8) is 0 Å². The summed E-state index contributed by atoms with van der Waals surface area (Å²) in [5.74, 6) is 2.33. The highest BCUT2D eigenvalue weighted by Crippen LogP contribution is 2.14. The standard InChI is InChI=1S/C12H10N4O2/c1-3-11(17)16(2)8-10-14-12(15-18-10)9-5-4-6-13-7-9/h1,4-7H,8H2,2H3. The van der Waals surface area contributed by atoms with Gasteiger partial charge in [-0.1, -0.05) is 5.16 Å². The van der Waals surface area contributed by atoms with Gasteiger partial charge in [-0.05, 0) is 18.1 Å². The summed E-state index contributed by atoms with van der Waals surface area (Å²) in [6.45, 7) is 0.177. The zero-order chi connectivity index (χ0) is 13.0. The Labute approximate surface area is 104 Å². The van der Waals surface area contributed by atoms with Crippen LogP contribution in [0.15, 0.2) is 29.0 Å². The van der Waals surface area contributed by atoms with E-state index in [1.807, 2.05) is 12.0 Å². The highest BCUT2D eigenvalue weighted by Gasteiger charge is 2.12. The Morgan fingerprint density at radius 1 is 1.61 bits per heavy atom. The summed E-state index contributed by atoms with van der Waals surface area (Å²) in [5, 5.41) is 3.81. The summed E-state index contributed by atoms with van der Waals surface area (Å²) in [6.07, 6.45) is 8.29. The van der Waals surface area contributed by atoms with Crippen LogP contribution < -0.4 is 0 Å². The molecule has 1 amide bonds. The molecule has 0 aliphatic carbocycles. The molecule has 0 unspecified atom stereocenters. The summed E-state index contributed by atoms with van der Waals surface area (Å²) in [7, 11) is 1.57. The molecule has 0 aliphatic rings. The van der Waals surface area contributed by atoms with Crippen LogP contribution in [0.3, 0.4) is 0 Å². The van der Waals surface area contributed by atoms with Crippen molar-refractivity contribution in [2.24, 2.45) is 0 Å². The molecule has 0 bridgehead atoms. The largest absolute Gasteiger partial charge is 0.337 e. The predicted molar refractivity (Wildman–Crippen MR) is 62.8 cm³/mol. The first-order valence-electron chi connectivity index (χ1n) is 5.15. The number of carbonyl (C=O) groups is 1. The van der Waals surface area contributed by atoms with Gasteiger partial charge in [0.15, 0.2) is 0 Å². The minimum absolute atomic E-state index is 0.177. The van der Waals surface area contributed by atoms with Crippen molar-refractivity contribution in [1.29, 1.82) is 0 Å². The molecule has 2 aromatic heterocycles. The Balaban J connectivity index is 2.12. The summed E-state index contributed by atoms with van der Waals surface area (Å²) >= 11 is 0. The molecule has 0 aromatic carbocycles. The van der Waals surface area contributed by atoms with Gasteiger partial charge < -0.3 is 9.42 Å². The van der Waals surface area contributed by atoms with Gasteiger partial charge in [-0.25, -0.2) is 0 Å². The Morgan fingerprint density at radius 3 is 3.11 bits per heavy atom. The smallest absolute Gasteiger partial charge is 0.298 e. The van der Waals surface area contributed by atoms with E-state index in [0.29, 0.717) is 11.7 Å². The van der Waals surface area contributed by atoms with Gasteiger partial charge in [0.25, 0.3) is 5.91 Å². The van der Waals surface area contributed by atoms with Crippen molar-refractivity contribution >= 4 is 5.91 Å². The molecule has 18 heavy (non-hydrogen) atoms. The second kappa shape index (κ2) is 5.10. The average molecular weight is 242 g/mol. The summed E-state index contributed by atoms with van der Waals surface area (Å²) in [6, 6.07) is 3.59. The third-order valence-corrected chi connectivity index (χ3v) is 2.23. The SMILES string of the molecule is C#CC(=O)N(C)Cc1nc(-c2cccnc2)no1. The van der Waals surface area contributed by atoms with Crippen LogP contribution in [-0.2, 0) is 11.3 Å². The van der Waals surface area contributed by atoms with E-state index in [2.05, 4.69) is 15.1 Å². The molecule has 0 radical (unpaired) electrons. The molecule has 0 fully saturated rings. The number of rotatable bonds is 3. The van der Waals surface area contributed by atoms with Gasteiger partial charge in [0.2, 0.25) is 11.7 Å². The molecule has 6 heteroatoms.